The van der Waals surface area contributed by atoms with Gasteiger partial charge in [-0.1, -0.05) is 24.3 Å². The number of aliphatic carboxylic acids is 1. The molecule has 2 unspecified atom stereocenters. The Hall–Kier alpha value is -2.04. The molecule has 0 radical (unpaired) electrons. The Morgan fingerprint density at radius 1 is 1.33 bits per heavy atom. The fourth-order valence-corrected chi connectivity index (χ4v) is 2.97. The Bertz CT molecular complexity index is 568. The van der Waals surface area contributed by atoms with Crippen molar-refractivity contribution in [2.45, 2.75) is 38.3 Å². The first-order chi connectivity index (χ1) is 10.1. The highest BCUT2D eigenvalue weighted by Gasteiger charge is 2.34. The lowest BCUT2D eigenvalue weighted by molar-refractivity contribution is -0.139. The van der Waals surface area contributed by atoms with Crippen LogP contribution in [-0.4, -0.2) is 34.6 Å². The van der Waals surface area contributed by atoms with Crippen molar-refractivity contribution in [1.29, 1.82) is 0 Å². The summed E-state index contributed by atoms with van der Waals surface area (Å²) >= 11 is 0. The molecule has 1 aliphatic heterocycles. The van der Waals surface area contributed by atoms with Gasteiger partial charge in [-0.3, -0.25) is 4.79 Å². The van der Waals surface area contributed by atoms with E-state index in [0.29, 0.717) is 12.5 Å². The van der Waals surface area contributed by atoms with Gasteiger partial charge in [-0.05, 0) is 36.8 Å². The highest BCUT2D eigenvalue weighted by molar-refractivity contribution is 5.81. The van der Waals surface area contributed by atoms with Crippen LogP contribution in [0.1, 0.15) is 36.8 Å². The minimum atomic E-state index is -0.879. The summed E-state index contributed by atoms with van der Waals surface area (Å²) in [5, 5.41) is 12.4. The number of nitrogens with zero attached hydrogens (tertiary/aromatic N) is 1. The van der Waals surface area contributed by atoms with Crippen LogP contribution in [0.2, 0.25) is 0 Å². The molecule has 112 valence electrons. The number of benzene rings is 1. The van der Waals surface area contributed by atoms with Crippen LogP contribution in [0.15, 0.2) is 24.3 Å². The molecular weight excluding hydrogens is 268 g/mol. The summed E-state index contributed by atoms with van der Waals surface area (Å²) < 4.78 is 0. The molecule has 5 heteroatoms. The van der Waals surface area contributed by atoms with Crippen LogP contribution >= 0.6 is 0 Å². The molecule has 21 heavy (non-hydrogen) atoms. The van der Waals surface area contributed by atoms with E-state index in [9.17, 15) is 14.7 Å². The van der Waals surface area contributed by atoms with Crippen molar-refractivity contribution >= 4 is 12.0 Å². The molecule has 2 amide bonds. The second-order valence-electron chi connectivity index (χ2n) is 6.05. The molecule has 2 atom stereocenters. The zero-order chi connectivity index (χ0) is 15.0. The van der Waals surface area contributed by atoms with Crippen LogP contribution in [0.4, 0.5) is 4.79 Å². The largest absolute Gasteiger partial charge is 0.481 e. The molecule has 0 bridgehead atoms. The highest BCUT2D eigenvalue weighted by atomic mass is 16.4. The van der Waals surface area contributed by atoms with E-state index in [1.165, 1.54) is 12.8 Å². The monoisotopic (exact) mass is 288 g/mol. The molecule has 2 aliphatic rings. The summed E-state index contributed by atoms with van der Waals surface area (Å²) in [6, 6.07) is 7.48. The van der Waals surface area contributed by atoms with Crippen molar-refractivity contribution < 1.29 is 14.7 Å². The Morgan fingerprint density at radius 2 is 2.05 bits per heavy atom. The highest BCUT2D eigenvalue weighted by Crippen LogP contribution is 2.33. The molecule has 5 nitrogen and oxygen atoms in total. The maximum Gasteiger partial charge on any atom is 0.317 e. The van der Waals surface area contributed by atoms with Crippen molar-refractivity contribution in [3.63, 3.8) is 0 Å². The maximum absolute atomic E-state index is 12.3. The first kappa shape index (κ1) is 13.9. The molecule has 0 saturated heterocycles. The van der Waals surface area contributed by atoms with Crippen molar-refractivity contribution in [1.82, 2.24) is 10.2 Å². The Balaban J connectivity index is 1.76. The quantitative estimate of drug-likeness (QED) is 0.895. The molecular formula is C16H20N2O3. The summed E-state index contributed by atoms with van der Waals surface area (Å²) in [5.41, 5.74) is 1.75. The molecule has 1 aliphatic carbocycles. The SMILES string of the molecule is CC(NC(=O)N1Cc2ccccc2C(C(=O)O)C1)C1CC1. The molecule has 0 spiro atoms. The van der Waals surface area contributed by atoms with E-state index in [1.807, 2.05) is 31.2 Å². The van der Waals surface area contributed by atoms with Gasteiger partial charge in [0.05, 0.1) is 5.92 Å². The van der Waals surface area contributed by atoms with E-state index in [0.717, 1.165) is 11.1 Å². The third-order valence-electron chi connectivity index (χ3n) is 4.46. The minimum Gasteiger partial charge on any atom is -0.481 e. The number of urea groups is 1. The van der Waals surface area contributed by atoms with Crippen LogP contribution in [0.25, 0.3) is 0 Å². The smallest absolute Gasteiger partial charge is 0.317 e. The van der Waals surface area contributed by atoms with E-state index in [4.69, 9.17) is 0 Å². The lowest BCUT2D eigenvalue weighted by Crippen LogP contribution is -2.48. The fourth-order valence-electron chi connectivity index (χ4n) is 2.97. The average molecular weight is 288 g/mol. The molecule has 3 rings (SSSR count). The third-order valence-corrected chi connectivity index (χ3v) is 4.46. The van der Waals surface area contributed by atoms with Crippen LogP contribution in [-0.2, 0) is 11.3 Å². The number of hydrogen-bond donors (Lipinski definition) is 2. The first-order valence-electron chi connectivity index (χ1n) is 7.42. The van der Waals surface area contributed by atoms with E-state index < -0.39 is 11.9 Å². The number of carbonyl (C=O) groups excluding carboxylic acids is 1. The zero-order valence-electron chi connectivity index (χ0n) is 12.1. The molecule has 2 N–H and O–H groups in total. The van der Waals surface area contributed by atoms with Crippen LogP contribution < -0.4 is 5.32 Å². The van der Waals surface area contributed by atoms with Gasteiger partial charge < -0.3 is 15.3 Å². The lowest BCUT2D eigenvalue weighted by atomic mass is 9.90. The fraction of sp³-hybridized carbons (Fsp3) is 0.500. The maximum atomic E-state index is 12.3. The summed E-state index contributed by atoms with van der Waals surface area (Å²) in [6.07, 6.45) is 2.34. The van der Waals surface area contributed by atoms with Crippen LogP contribution in [0.5, 0.6) is 0 Å². The molecule has 1 heterocycles. The van der Waals surface area contributed by atoms with Gasteiger partial charge in [0.25, 0.3) is 0 Å². The lowest BCUT2D eigenvalue weighted by Gasteiger charge is -2.33. The van der Waals surface area contributed by atoms with Gasteiger partial charge in [0.2, 0.25) is 0 Å². The summed E-state index contributed by atoms with van der Waals surface area (Å²) in [6.45, 7) is 2.72. The Kier molecular flexibility index (Phi) is 3.57. The van der Waals surface area contributed by atoms with Gasteiger partial charge in [-0.15, -0.1) is 0 Å². The molecule has 1 fully saturated rings. The topological polar surface area (TPSA) is 69.6 Å². The number of carboxylic acid groups (broad SMARTS) is 1. The molecule has 0 aromatic heterocycles. The van der Waals surface area contributed by atoms with Gasteiger partial charge in [-0.2, -0.15) is 0 Å². The number of nitrogens with one attached hydrogen (secondary N) is 1. The van der Waals surface area contributed by atoms with E-state index in [-0.39, 0.29) is 18.6 Å². The van der Waals surface area contributed by atoms with E-state index >= 15 is 0 Å². The second kappa shape index (κ2) is 5.39. The minimum absolute atomic E-state index is 0.157. The van der Waals surface area contributed by atoms with Gasteiger partial charge >= 0.3 is 12.0 Å². The molecule has 1 aromatic carbocycles. The van der Waals surface area contributed by atoms with E-state index in [1.54, 1.807) is 4.90 Å². The number of hydrogen-bond acceptors (Lipinski definition) is 2. The predicted molar refractivity (Wildman–Crippen MR) is 77.9 cm³/mol. The summed E-state index contributed by atoms with van der Waals surface area (Å²) in [5.74, 6) is -0.937. The third kappa shape index (κ3) is 2.86. The molecule has 1 aromatic rings. The predicted octanol–water partition coefficient (Wildman–Crippen LogP) is 2.18. The Labute approximate surface area is 123 Å². The number of fused-ring (bicyclic) bond motifs is 1. The van der Waals surface area contributed by atoms with E-state index in [2.05, 4.69) is 5.32 Å². The standard InChI is InChI=1S/C16H20N2O3/c1-10(11-6-7-11)17-16(21)18-8-12-4-2-3-5-13(12)14(9-18)15(19)20/h2-5,10-11,14H,6-9H2,1H3,(H,17,21)(H,19,20). The van der Waals surface area contributed by atoms with Gasteiger partial charge in [0.1, 0.15) is 0 Å². The number of rotatable bonds is 3. The van der Waals surface area contributed by atoms with Crippen molar-refractivity contribution in [2.75, 3.05) is 6.54 Å². The number of carbonyl (C=O) groups is 2. The van der Waals surface area contributed by atoms with Gasteiger partial charge in [0, 0.05) is 19.1 Å². The van der Waals surface area contributed by atoms with Crippen LogP contribution in [0, 0.1) is 5.92 Å². The Morgan fingerprint density at radius 3 is 2.71 bits per heavy atom. The first-order valence-corrected chi connectivity index (χ1v) is 7.42. The molecule has 1 saturated carbocycles. The van der Waals surface area contributed by atoms with Crippen molar-refractivity contribution in [3.05, 3.63) is 35.4 Å². The van der Waals surface area contributed by atoms with Gasteiger partial charge in [0.15, 0.2) is 0 Å². The summed E-state index contributed by atoms with van der Waals surface area (Å²) in [7, 11) is 0. The summed E-state index contributed by atoms with van der Waals surface area (Å²) in [4.78, 5) is 25.4. The van der Waals surface area contributed by atoms with Gasteiger partial charge in [-0.25, -0.2) is 4.79 Å². The number of amides is 2. The van der Waals surface area contributed by atoms with Crippen LogP contribution in [0.3, 0.4) is 0 Å². The zero-order valence-corrected chi connectivity index (χ0v) is 12.1. The normalized spacial score (nSPS) is 22.3. The van der Waals surface area contributed by atoms with Crippen molar-refractivity contribution in [3.8, 4) is 0 Å². The van der Waals surface area contributed by atoms with Crippen molar-refractivity contribution in [2.24, 2.45) is 5.92 Å². The number of carboxylic acids is 1. The second-order valence-corrected chi connectivity index (χ2v) is 6.05. The average Bonchev–Trinajstić information content (AvgIpc) is 3.30.